The summed E-state index contributed by atoms with van der Waals surface area (Å²) < 4.78 is 41.8. The number of nitrogens with zero attached hydrogens (tertiary/aromatic N) is 5. The van der Waals surface area contributed by atoms with Gasteiger partial charge in [-0.05, 0) is 50.3 Å². The zero-order valence-electron chi connectivity index (χ0n) is 18.3. The lowest BCUT2D eigenvalue weighted by molar-refractivity contribution is -0.142. The number of hydrogen-bond donors (Lipinski definition) is 0. The van der Waals surface area contributed by atoms with E-state index in [0.29, 0.717) is 43.4 Å². The van der Waals surface area contributed by atoms with Crippen molar-refractivity contribution in [3.63, 3.8) is 0 Å². The molecule has 2 aliphatic heterocycles. The van der Waals surface area contributed by atoms with Gasteiger partial charge in [0.25, 0.3) is 0 Å². The number of fused-ring (bicyclic) bond motifs is 1. The zero-order valence-corrected chi connectivity index (χ0v) is 18.3. The highest BCUT2D eigenvalue weighted by Gasteiger charge is 2.36. The van der Waals surface area contributed by atoms with E-state index < -0.39 is 11.9 Å². The topological polar surface area (TPSA) is 53.7 Å². The highest BCUT2D eigenvalue weighted by molar-refractivity contribution is 5.78. The van der Waals surface area contributed by atoms with E-state index in [2.05, 4.69) is 21.9 Å². The van der Waals surface area contributed by atoms with E-state index in [9.17, 15) is 18.0 Å². The van der Waals surface area contributed by atoms with E-state index in [-0.39, 0.29) is 23.4 Å². The Balaban J connectivity index is 1.50. The van der Waals surface area contributed by atoms with E-state index in [0.717, 1.165) is 36.5 Å². The van der Waals surface area contributed by atoms with Crippen molar-refractivity contribution in [2.24, 2.45) is 5.92 Å². The van der Waals surface area contributed by atoms with Gasteiger partial charge in [-0.25, -0.2) is 9.50 Å². The van der Waals surface area contributed by atoms with Crippen LogP contribution >= 0.6 is 0 Å². The molecule has 6 nitrogen and oxygen atoms in total. The number of aromatic nitrogens is 3. The fourth-order valence-electron chi connectivity index (χ4n) is 4.45. The normalized spacial score (nSPS) is 21.5. The summed E-state index contributed by atoms with van der Waals surface area (Å²) in [5, 5.41) is 4.27. The van der Waals surface area contributed by atoms with E-state index in [1.54, 1.807) is 6.07 Å². The Morgan fingerprint density at radius 3 is 2.52 bits per heavy atom. The van der Waals surface area contributed by atoms with Crippen molar-refractivity contribution < 1.29 is 18.0 Å². The minimum atomic E-state index is -4.52. The molecular formula is C22H30F3N5O. The van der Waals surface area contributed by atoms with Gasteiger partial charge < -0.3 is 4.90 Å². The Hall–Kier alpha value is -2.16. The van der Waals surface area contributed by atoms with E-state index in [1.165, 1.54) is 0 Å². The average molecular weight is 438 g/mol. The summed E-state index contributed by atoms with van der Waals surface area (Å²) >= 11 is 0. The molecule has 9 heteroatoms. The molecule has 4 rings (SSSR count). The Bertz CT molecular complexity index is 947. The van der Waals surface area contributed by atoms with Gasteiger partial charge in [0.1, 0.15) is 5.69 Å². The maximum absolute atomic E-state index is 13.6. The molecule has 0 aromatic carbocycles. The molecule has 1 atom stereocenters. The molecule has 2 aromatic heterocycles. The van der Waals surface area contributed by atoms with Gasteiger partial charge in [-0.1, -0.05) is 20.8 Å². The second-order valence-corrected chi connectivity index (χ2v) is 9.34. The van der Waals surface area contributed by atoms with Crippen molar-refractivity contribution >= 4 is 11.6 Å². The van der Waals surface area contributed by atoms with Gasteiger partial charge in [-0.15, -0.1) is 0 Å². The number of hydrogen-bond acceptors (Lipinski definition) is 4. The maximum atomic E-state index is 13.6. The number of halogens is 3. The Labute approximate surface area is 180 Å². The highest BCUT2D eigenvalue weighted by atomic mass is 19.4. The molecule has 2 aliphatic rings. The highest BCUT2D eigenvalue weighted by Crippen LogP contribution is 2.33. The summed E-state index contributed by atoms with van der Waals surface area (Å²) in [5.41, 5.74) is 0.366. The minimum Gasteiger partial charge on any atom is -0.341 e. The third-order valence-electron chi connectivity index (χ3n) is 6.54. The van der Waals surface area contributed by atoms with Gasteiger partial charge in [0, 0.05) is 30.8 Å². The lowest BCUT2D eigenvalue weighted by atomic mass is 9.99. The standard InChI is InChI=1S/C22H30F3N5O/c1-14(2)17-10-19(22(23,24)25)30-20(26-17)11-18(27-30)16-6-9-29(12-16)21(31)13-28-7-4-15(3)5-8-28/h10-11,14-16H,4-9,12-13H2,1-3H3/t16-/m0/s1. The van der Waals surface area contributed by atoms with Crippen LogP contribution in [-0.4, -0.2) is 63.0 Å². The molecule has 0 bridgehead atoms. The number of likely N-dealkylation sites (tertiary alicyclic amines) is 2. The number of rotatable bonds is 4. The summed E-state index contributed by atoms with van der Waals surface area (Å²) in [5.74, 6) is 0.610. The van der Waals surface area contributed by atoms with Gasteiger partial charge >= 0.3 is 6.18 Å². The number of piperidine rings is 1. The molecule has 2 fully saturated rings. The van der Waals surface area contributed by atoms with Crippen molar-refractivity contribution in [3.05, 3.63) is 29.2 Å². The number of carbonyl (C=O) groups is 1. The summed E-state index contributed by atoms with van der Waals surface area (Å²) in [7, 11) is 0. The van der Waals surface area contributed by atoms with Gasteiger partial charge in [-0.3, -0.25) is 9.69 Å². The van der Waals surface area contributed by atoms with Crippen LogP contribution in [0.3, 0.4) is 0 Å². The fraction of sp³-hybridized carbons (Fsp3) is 0.682. The second-order valence-electron chi connectivity index (χ2n) is 9.34. The number of carbonyl (C=O) groups excluding carboxylic acids is 1. The quantitative estimate of drug-likeness (QED) is 0.728. The molecule has 1 amide bonds. The molecule has 4 heterocycles. The predicted octanol–water partition coefficient (Wildman–Crippen LogP) is 3.92. The molecule has 0 N–H and O–H groups in total. The van der Waals surface area contributed by atoms with Crippen LogP contribution < -0.4 is 0 Å². The summed E-state index contributed by atoms with van der Waals surface area (Å²) in [6.45, 7) is 9.29. The van der Waals surface area contributed by atoms with Crippen LogP contribution in [-0.2, 0) is 11.0 Å². The molecule has 0 saturated carbocycles. The summed E-state index contributed by atoms with van der Waals surface area (Å²) in [4.78, 5) is 21.2. The van der Waals surface area contributed by atoms with Gasteiger partial charge in [0.05, 0.1) is 12.2 Å². The molecule has 2 saturated heterocycles. The Morgan fingerprint density at radius 2 is 1.87 bits per heavy atom. The third kappa shape index (κ3) is 4.71. The third-order valence-corrected chi connectivity index (χ3v) is 6.54. The van der Waals surface area contributed by atoms with Crippen molar-refractivity contribution in [1.29, 1.82) is 0 Å². The fourth-order valence-corrected chi connectivity index (χ4v) is 4.45. The molecule has 170 valence electrons. The van der Waals surface area contributed by atoms with Crippen molar-refractivity contribution in [3.8, 4) is 0 Å². The van der Waals surface area contributed by atoms with Gasteiger partial charge in [0.2, 0.25) is 5.91 Å². The minimum absolute atomic E-state index is 0.0735. The van der Waals surface area contributed by atoms with Gasteiger partial charge in [0.15, 0.2) is 5.65 Å². The first-order valence-electron chi connectivity index (χ1n) is 11.1. The SMILES string of the molecule is CC1CCN(CC(=O)N2CC[C@H](c3cc4nc(C(C)C)cc(C(F)(F)F)n4n3)C2)CC1. The van der Waals surface area contributed by atoms with Crippen LogP contribution in [0.1, 0.15) is 69.0 Å². The van der Waals surface area contributed by atoms with Crippen LogP contribution in [0, 0.1) is 5.92 Å². The average Bonchev–Trinajstić information content (AvgIpc) is 3.35. The Morgan fingerprint density at radius 1 is 1.16 bits per heavy atom. The summed E-state index contributed by atoms with van der Waals surface area (Å²) in [6.07, 6.45) is -1.59. The van der Waals surface area contributed by atoms with E-state index in [4.69, 9.17) is 0 Å². The first-order chi connectivity index (χ1) is 14.6. The second kappa shape index (κ2) is 8.41. The monoisotopic (exact) mass is 437 g/mol. The summed E-state index contributed by atoms with van der Waals surface area (Å²) in [6, 6.07) is 2.73. The smallest absolute Gasteiger partial charge is 0.341 e. The van der Waals surface area contributed by atoms with Crippen molar-refractivity contribution in [2.75, 3.05) is 32.7 Å². The van der Waals surface area contributed by atoms with Crippen LogP contribution in [0.5, 0.6) is 0 Å². The predicted molar refractivity (Wildman–Crippen MR) is 111 cm³/mol. The zero-order chi connectivity index (χ0) is 22.3. The van der Waals surface area contributed by atoms with Crippen molar-refractivity contribution in [1.82, 2.24) is 24.4 Å². The van der Waals surface area contributed by atoms with Crippen molar-refractivity contribution in [2.45, 2.75) is 58.0 Å². The molecule has 0 aliphatic carbocycles. The van der Waals surface area contributed by atoms with E-state index in [1.807, 2.05) is 18.7 Å². The van der Waals surface area contributed by atoms with Crippen LogP contribution in [0.15, 0.2) is 12.1 Å². The number of amides is 1. The number of alkyl halides is 3. The largest absolute Gasteiger partial charge is 0.433 e. The Kier molecular flexibility index (Phi) is 5.98. The molecule has 2 aromatic rings. The van der Waals surface area contributed by atoms with E-state index >= 15 is 0 Å². The van der Waals surface area contributed by atoms with Crippen LogP contribution in [0.4, 0.5) is 13.2 Å². The molecular weight excluding hydrogens is 407 g/mol. The maximum Gasteiger partial charge on any atom is 0.433 e. The first kappa shape index (κ1) is 22.0. The molecule has 0 spiro atoms. The molecule has 31 heavy (non-hydrogen) atoms. The molecule has 0 radical (unpaired) electrons. The van der Waals surface area contributed by atoms with Crippen LogP contribution in [0.25, 0.3) is 5.65 Å². The first-order valence-corrected chi connectivity index (χ1v) is 11.1. The molecule has 0 unspecified atom stereocenters. The van der Waals surface area contributed by atoms with Crippen LogP contribution in [0.2, 0.25) is 0 Å². The lowest BCUT2D eigenvalue weighted by Gasteiger charge is -2.30. The van der Waals surface area contributed by atoms with Gasteiger partial charge in [-0.2, -0.15) is 18.3 Å². The lowest BCUT2D eigenvalue weighted by Crippen LogP contribution is -2.42.